The van der Waals surface area contributed by atoms with E-state index in [9.17, 15) is 0 Å². The first-order valence-corrected chi connectivity index (χ1v) is 11.5. The summed E-state index contributed by atoms with van der Waals surface area (Å²) >= 11 is 0. The number of benzene rings is 2. The van der Waals surface area contributed by atoms with Crippen LogP contribution in [0.5, 0.6) is 0 Å². The van der Waals surface area contributed by atoms with E-state index in [1.807, 2.05) is 6.20 Å². The zero-order valence-electron chi connectivity index (χ0n) is 19.5. The van der Waals surface area contributed by atoms with Gasteiger partial charge < -0.3 is 0 Å². The molecule has 0 saturated carbocycles. The van der Waals surface area contributed by atoms with E-state index in [-0.39, 0.29) is 0 Å². The van der Waals surface area contributed by atoms with Crippen LogP contribution in [0.4, 0.5) is 0 Å². The molecule has 3 aromatic heterocycles. The fourth-order valence-electron chi connectivity index (χ4n) is 5.28. The highest BCUT2D eigenvalue weighted by Gasteiger charge is 2.27. The van der Waals surface area contributed by atoms with E-state index >= 15 is 0 Å². The van der Waals surface area contributed by atoms with Crippen molar-refractivity contribution >= 4 is 38.5 Å². The number of rotatable bonds is 4. The van der Waals surface area contributed by atoms with Crippen LogP contribution >= 0.6 is 0 Å². The SMILES string of the molecule is Cc1ccnc2c3c(CC(C)C)cccc3n3c4c(CC(C)C)cccc4[n+](C)c3c12. The van der Waals surface area contributed by atoms with Gasteiger partial charge in [-0.1, -0.05) is 52.0 Å². The Bertz CT molecular complexity index is 1450. The maximum Gasteiger partial charge on any atom is 0.297 e. The third kappa shape index (κ3) is 3.02. The molecule has 0 aliphatic rings. The summed E-state index contributed by atoms with van der Waals surface area (Å²) in [7, 11) is 2.20. The summed E-state index contributed by atoms with van der Waals surface area (Å²) < 4.78 is 4.88. The lowest BCUT2D eigenvalue weighted by Gasteiger charge is -2.12. The van der Waals surface area contributed by atoms with E-state index in [1.54, 1.807) is 0 Å². The number of fused-ring (bicyclic) bond motifs is 8. The summed E-state index contributed by atoms with van der Waals surface area (Å²) in [6, 6.07) is 15.7. The van der Waals surface area contributed by atoms with E-state index in [0.29, 0.717) is 11.8 Å². The standard InChI is InChI=1S/C28H32N3/c1-17(2)15-20-9-7-11-22-25(20)26-24(19(5)13-14-29-26)28-30(6)23-12-8-10-21(16-18(3)4)27(23)31(22)28/h7-14,17-18H,15-16H2,1-6H3/q+1. The largest absolute Gasteiger partial charge is 0.297 e. The summed E-state index contributed by atoms with van der Waals surface area (Å²) in [5, 5.41) is 2.57. The first kappa shape index (κ1) is 20.0. The van der Waals surface area contributed by atoms with Gasteiger partial charge in [-0.3, -0.25) is 4.98 Å². The highest BCUT2D eigenvalue weighted by molar-refractivity contribution is 6.13. The summed E-state index contributed by atoms with van der Waals surface area (Å²) in [6.07, 6.45) is 4.09. The summed E-state index contributed by atoms with van der Waals surface area (Å²) in [5.74, 6) is 1.20. The fraction of sp³-hybridized carbons (Fsp3) is 0.357. The van der Waals surface area contributed by atoms with Crippen molar-refractivity contribution in [3.05, 3.63) is 65.4 Å². The molecule has 3 heteroatoms. The van der Waals surface area contributed by atoms with Crippen LogP contribution in [0.15, 0.2) is 48.7 Å². The Kier molecular flexibility index (Phi) is 4.73. The Morgan fingerprint density at radius 1 is 0.871 bits per heavy atom. The minimum atomic E-state index is 0.593. The lowest BCUT2D eigenvalue weighted by atomic mass is 9.96. The number of imidazole rings is 1. The van der Waals surface area contributed by atoms with Gasteiger partial charge in [0.1, 0.15) is 5.52 Å². The highest BCUT2D eigenvalue weighted by atomic mass is 15.1. The summed E-state index contributed by atoms with van der Waals surface area (Å²) in [6.45, 7) is 11.4. The number of aryl methyl sites for hydroxylation is 2. The maximum absolute atomic E-state index is 4.94. The van der Waals surface area contributed by atoms with Crippen molar-refractivity contribution in [3.63, 3.8) is 0 Å². The van der Waals surface area contributed by atoms with Gasteiger partial charge in [-0.25, -0.2) is 4.57 Å². The van der Waals surface area contributed by atoms with Crippen LogP contribution in [0.25, 0.3) is 38.5 Å². The van der Waals surface area contributed by atoms with E-state index < -0.39 is 0 Å². The van der Waals surface area contributed by atoms with Crippen molar-refractivity contribution in [1.29, 1.82) is 0 Å². The molecule has 3 heterocycles. The van der Waals surface area contributed by atoms with Crippen LogP contribution < -0.4 is 4.57 Å². The molecule has 31 heavy (non-hydrogen) atoms. The highest BCUT2D eigenvalue weighted by Crippen LogP contribution is 2.35. The molecule has 0 N–H and O–H groups in total. The van der Waals surface area contributed by atoms with Gasteiger partial charge in [0.25, 0.3) is 5.65 Å². The molecule has 0 bridgehead atoms. The van der Waals surface area contributed by atoms with Crippen LogP contribution in [0.3, 0.4) is 0 Å². The zero-order chi connectivity index (χ0) is 21.9. The smallest absolute Gasteiger partial charge is 0.255 e. The molecule has 5 aromatic rings. The van der Waals surface area contributed by atoms with Crippen LogP contribution in [-0.2, 0) is 19.9 Å². The minimum Gasteiger partial charge on any atom is -0.255 e. The van der Waals surface area contributed by atoms with E-state index in [4.69, 9.17) is 4.98 Å². The molecular weight excluding hydrogens is 378 g/mol. The Morgan fingerprint density at radius 2 is 1.55 bits per heavy atom. The first-order chi connectivity index (χ1) is 14.9. The van der Waals surface area contributed by atoms with Crippen molar-refractivity contribution in [2.75, 3.05) is 0 Å². The number of pyridine rings is 2. The van der Waals surface area contributed by atoms with Crippen LogP contribution in [-0.4, -0.2) is 9.38 Å². The normalized spacial score (nSPS) is 12.4. The van der Waals surface area contributed by atoms with Gasteiger partial charge in [0, 0.05) is 11.8 Å². The topological polar surface area (TPSA) is 21.2 Å². The van der Waals surface area contributed by atoms with Gasteiger partial charge in [-0.2, -0.15) is 4.40 Å². The number of hydrogen-bond donors (Lipinski definition) is 0. The zero-order valence-corrected chi connectivity index (χ0v) is 19.5. The Labute approximate surface area is 184 Å². The number of hydrogen-bond acceptors (Lipinski definition) is 1. The van der Waals surface area contributed by atoms with Gasteiger partial charge in [0.05, 0.1) is 23.3 Å². The predicted octanol–water partition coefficient (Wildman–Crippen LogP) is 6.32. The van der Waals surface area contributed by atoms with Crippen LogP contribution in [0.1, 0.15) is 44.4 Å². The number of nitrogens with zero attached hydrogens (tertiary/aromatic N) is 3. The lowest BCUT2D eigenvalue weighted by Crippen LogP contribution is -2.27. The molecule has 0 saturated heterocycles. The molecule has 0 fully saturated rings. The van der Waals surface area contributed by atoms with E-state index in [0.717, 1.165) is 18.4 Å². The molecule has 3 nitrogen and oxygen atoms in total. The van der Waals surface area contributed by atoms with Crippen molar-refractivity contribution in [2.45, 2.75) is 47.5 Å². The molecular formula is C28H32N3+. The van der Waals surface area contributed by atoms with Crippen molar-refractivity contribution < 1.29 is 4.57 Å². The second kappa shape index (κ2) is 7.33. The molecule has 0 atom stereocenters. The number of aromatic nitrogens is 3. The van der Waals surface area contributed by atoms with E-state index in [2.05, 4.69) is 93.1 Å². The van der Waals surface area contributed by atoms with Crippen molar-refractivity contribution in [3.8, 4) is 0 Å². The van der Waals surface area contributed by atoms with Gasteiger partial charge >= 0.3 is 0 Å². The average molecular weight is 411 g/mol. The molecule has 0 aliphatic heterocycles. The number of para-hydroxylation sites is 1. The summed E-state index contributed by atoms with van der Waals surface area (Å²) in [5.41, 5.74) is 10.3. The van der Waals surface area contributed by atoms with Gasteiger partial charge in [0.2, 0.25) is 0 Å². The third-order valence-electron chi connectivity index (χ3n) is 6.46. The van der Waals surface area contributed by atoms with Crippen molar-refractivity contribution in [1.82, 2.24) is 9.38 Å². The lowest BCUT2D eigenvalue weighted by molar-refractivity contribution is -0.617. The second-order valence-electron chi connectivity index (χ2n) is 9.86. The fourth-order valence-corrected chi connectivity index (χ4v) is 5.28. The first-order valence-electron chi connectivity index (χ1n) is 11.5. The second-order valence-corrected chi connectivity index (χ2v) is 9.86. The van der Waals surface area contributed by atoms with Crippen molar-refractivity contribution in [2.24, 2.45) is 18.9 Å². The quantitative estimate of drug-likeness (QED) is 0.251. The maximum atomic E-state index is 4.94. The third-order valence-corrected chi connectivity index (χ3v) is 6.46. The molecule has 5 rings (SSSR count). The van der Waals surface area contributed by atoms with E-state index in [1.165, 1.54) is 49.7 Å². The molecule has 0 radical (unpaired) electrons. The molecule has 0 amide bonds. The summed E-state index contributed by atoms with van der Waals surface area (Å²) in [4.78, 5) is 4.94. The molecule has 2 aromatic carbocycles. The van der Waals surface area contributed by atoms with Crippen LogP contribution in [0.2, 0.25) is 0 Å². The van der Waals surface area contributed by atoms with Crippen LogP contribution in [0, 0.1) is 18.8 Å². The molecule has 158 valence electrons. The predicted molar refractivity (Wildman–Crippen MR) is 131 cm³/mol. The molecule has 0 aliphatic carbocycles. The van der Waals surface area contributed by atoms with Gasteiger partial charge in [0.15, 0.2) is 11.0 Å². The Morgan fingerprint density at radius 3 is 2.29 bits per heavy atom. The Hall–Kier alpha value is -2.94. The van der Waals surface area contributed by atoms with Gasteiger partial charge in [-0.05, 0) is 60.9 Å². The van der Waals surface area contributed by atoms with Gasteiger partial charge in [-0.15, -0.1) is 0 Å². The molecule has 0 unspecified atom stereocenters. The minimum absolute atomic E-state index is 0.593. The average Bonchev–Trinajstić information content (AvgIpc) is 3.01. The molecule has 0 spiro atoms. The monoisotopic (exact) mass is 410 g/mol. The Balaban J connectivity index is 2.11.